The molecule has 0 heterocycles. The number of para-hydroxylation sites is 1. The summed E-state index contributed by atoms with van der Waals surface area (Å²) in [6.07, 6.45) is 0. The van der Waals surface area contributed by atoms with E-state index in [9.17, 15) is 9.59 Å². The first-order chi connectivity index (χ1) is 8.51. The van der Waals surface area contributed by atoms with Crippen molar-refractivity contribution in [3.8, 4) is 5.75 Å². The van der Waals surface area contributed by atoms with Crippen LogP contribution in [0.1, 0.15) is 17.3 Å². The standard InChI is InChI=1S/C12H17N3O3/c1-3-15(7-10(13)16)12(17)8-5-4-6-9(18-2)11(8)14/h4-6H,3,7,14H2,1-2H3,(H2,13,16). The summed E-state index contributed by atoms with van der Waals surface area (Å²) in [5.74, 6) is -0.477. The second kappa shape index (κ2) is 5.90. The van der Waals surface area contributed by atoms with Gasteiger partial charge in [-0.3, -0.25) is 9.59 Å². The number of anilines is 1. The number of nitrogen functional groups attached to an aromatic ring is 1. The summed E-state index contributed by atoms with van der Waals surface area (Å²) in [7, 11) is 1.47. The molecule has 6 heteroatoms. The molecule has 1 aromatic carbocycles. The zero-order chi connectivity index (χ0) is 13.7. The van der Waals surface area contributed by atoms with E-state index >= 15 is 0 Å². The fourth-order valence-corrected chi connectivity index (χ4v) is 1.59. The summed E-state index contributed by atoms with van der Waals surface area (Å²) in [5, 5.41) is 0. The Morgan fingerprint density at radius 3 is 2.56 bits per heavy atom. The fourth-order valence-electron chi connectivity index (χ4n) is 1.59. The van der Waals surface area contributed by atoms with Gasteiger partial charge in [0.05, 0.1) is 24.9 Å². The lowest BCUT2D eigenvalue weighted by Crippen LogP contribution is -2.38. The minimum absolute atomic E-state index is 0.133. The number of hydrogen-bond acceptors (Lipinski definition) is 4. The number of amides is 2. The molecule has 0 spiro atoms. The summed E-state index contributed by atoms with van der Waals surface area (Å²) >= 11 is 0. The zero-order valence-electron chi connectivity index (χ0n) is 10.5. The average Bonchev–Trinajstić information content (AvgIpc) is 2.35. The second-order valence-corrected chi connectivity index (χ2v) is 3.71. The third-order valence-electron chi connectivity index (χ3n) is 2.53. The maximum atomic E-state index is 12.2. The van der Waals surface area contributed by atoms with Gasteiger partial charge in [-0.15, -0.1) is 0 Å². The highest BCUT2D eigenvalue weighted by Gasteiger charge is 2.19. The molecule has 0 aliphatic heterocycles. The van der Waals surface area contributed by atoms with Gasteiger partial charge in [0.1, 0.15) is 5.75 Å². The molecule has 0 aliphatic rings. The number of primary amides is 1. The molecule has 1 rings (SSSR count). The van der Waals surface area contributed by atoms with Crippen LogP contribution >= 0.6 is 0 Å². The number of methoxy groups -OCH3 is 1. The second-order valence-electron chi connectivity index (χ2n) is 3.71. The first-order valence-electron chi connectivity index (χ1n) is 5.51. The molecule has 0 bridgehead atoms. The molecule has 0 saturated carbocycles. The number of nitrogens with zero attached hydrogens (tertiary/aromatic N) is 1. The summed E-state index contributed by atoms with van der Waals surface area (Å²) < 4.78 is 5.04. The minimum Gasteiger partial charge on any atom is -0.495 e. The maximum Gasteiger partial charge on any atom is 0.256 e. The normalized spacial score (nSPS) is 9.89. The van der Waals surface area contributed by atoms with Crippen molar-refractivity contribution in [3.63, 3.8) is 0 Å². The van der Waals surface area contributed by atoms with Gasteiger partial charge in [-0.25, -0.2) is 0 Å². The smallest absolute Gasteiger partial charge is 0.256 e. The van der Waals surface area contributed by atoms with E-state index in [2.05, 4.69) is 0 Å². The number of carbonyl (C=O) groups is 2. The van der Waals surface area contributed by atoms with Crippen LogP contribution in [0.25, 0.3) is 0 Å². The third kappa shape index (κ3) is 2.91. The van der Waals surface area contributed by atoms with E-state index in [1.165, 1.54) is 12.0 Å². The topological polar surface area (TPSA) is 98.6 Å². The number of carbonyl (C=O) groups excluding carboxylic acids is 2. The Morgan fingerprint density at radius 1 is 1.39 bits per heavy atom. The first kappa shape index (κ1) is 13.8. The Morgan fingerprint density at radius 2 is 2.06 bits per heavy atom. The molecule has 98 valence electrons. The van der Waals surface area contributed by atoms with Crippen LogP contribution in [0.15, 0.2) is 18.2 Å². The van der Waals surface area contributed by atoms with E-state index in [1.807, 2.05) is 0 Å². The van der Waals surface area contributed by atoms with Crippen LogP contribution < -0.4 is 16.2 Å². The Hall–Kier alpha value is -2.24. The predicted molar refractivity (Wildman–Crippen MR) is 68.2 cm³/mol. The number of ether oxygens (including phenoxy) is 1. The van der Waals surface area contributed by atoms with Crippen LogP contribution in [-0.4, -0.2) is 36.9 Å². The van der Waals surface area contributed by atoms with E-state index in [4.69, 9.17) is 16.2 Å². The molecule has 0 radical (unpaired) electrons. The fraction of sp³-hybridized carbons (Fsp3) is 0.333. The minimum atomic E-state index is -0.563. The molecule has 0 aliphatic carbocycles. The van der Waals surface area contributed by atoms with Crippen molar-refractivity contribution in [2.75, 3.05) is 25.9 Å². The highest BCUT2D eigenvalue weighted by Crippen LogP contribution is 2.25. The van der Waals surface area contributed by atoms with Gasteiger partial charge >= 0.3 is 0 Å². The van der Waals surface area contributed by atoms with Crippen molar-refractivity contribution in [2.24, 2.45) is 5.73 Å². The van der Waals surface area contributed by atoms with Crippen LogP contribution in [0.2, 0.25) is 0 Å². The molecule has 2 amide bonds. The summed E-state index contributed by atoms with van der Waals surface area (Å²) in [4.78, 5) is 24.4. The van der Waals surface area contributed by atoms with E-state index in [1.54, 1.807) is 25.1 Å². The van der Waals surface area contributed by atoms with Crippen LogP contribution in [0.5, 0.6) is 5.75 Å². The number of nitrogens with two attached hydrogens (primary N) is 2. The lowest BCUT2D eigenvalue weighted by atomic mass is 10.1. The van der Waals surface area contributed by atoms with E-state index in [-0.39, 0.29) is 18.1 Å². The van der Waals surface area contributed by atoms with Crippen molar-refractivity contribution in [3.05, 3.63) is 23.8 Å². The maximum absolute atomic E-state index is 12.2. The summed E-state index contributed by atoms with van der Waals surface area (Å²) in [6, 6.07) is 4.92. The van der Waals surface area contributed by atoms with Crippen LogP contribution in [-0.2, 0) is 4.79 Å². The van der Waals surface area contributed by atoms with Gasteiger partial charge in [0.15, 0.2) is 0 Å². The lowest BCUT2D eigenvalue weighted by Gasteiger charge is -2.20. The Balaban J connectivity index is 3.05. The van der Waals surface area contributed by atoms with Crippen molar-refractivity contribution in [2.45, 2.75) is 6.92 Å². The third-order valence-corrected chi connectivity index (χ3v) is 2.53. The summed E-state index contributed by atoms with van der Waals surface area (Å²) in [6.45, 7) is 2.00. The largest absolute Gasteiger partial charge is 0.495 e. The lowest BCUT2D eigenvalue weighted by molar-refractivity contribution is -0.118. The number of likely N-dealkylation sites (N-methyl/N-ethyl adjacent to an activating group) is 1. The van der Waals surface area contributed by atoms with Gasteiger partial charge in [-0.2, -0.15) is 0 Å². The van der Waals surface area contributed by atoms with Gasteiger partial charge in [0, 0.05) is 6.54 Å². The number of benzene rings is 1. The van der Waals surface area contributed by atoms with E-state index in [0.717, 1.165) is 0 Å². The average molecular weight is 251 g/mol. The molecule has 0 saturated heterocycles. The molecule has 0 unspecified atom stereocenters. The van der Waals surface area contributed by atoms with Gasteiger partial charge in [0.2, 0.25) is 5.91 Å². The van der Waals surface area contributed by atoms with Gasteiger partial charge in [0.25, 0.3) is 5.91 Å². The van der Waals surface area contributed by atoms with E-state index < -0.39 is 5.91 Å². The summed E-state index contributed by atoms with van der Waals surface area (Å²) in [5.41, 5.74) is 11.5. The molecule has 4 N–H and O–H groups in total. The highest BCUT2D eigenvalue weighted by atomic mass is 16.5. The molecule has 18 heavy (non-hydrogen) atoms. The van der Waals surface area contributed by atoms with Crippen LogP contribution in [0.4, 0.5) is 5.69 Å². The molecule has 1 aromatic rings. The van der Waals surface area contributed by atoms with Crippen LogP contribution in [0, 0.1) is 0 Å². The van der Waals surface area contributed by atoms with Crippen LogP contribution in [0.3, 0.4) is 0 Å². The van der Waals surface area contributed by atoms with Crippen molar-refractivity contribution < 1.29 is 14.3 Å². The Bertz CT molecular complexity index is 460. The molecule has 0 fully saturated rings. The van der Waals surface area contributed by atoms with Gasteiger partial charge in [-0.1, -0.05) is 6.07 Å². The molecule has 6 nitrogen and oxygen atoms in total. The SMILES string of the molecule is CCN(CC(N)=O)C(=O)c1cccc(OC)c1N. The molecular weight excluding hydrogens is 234 g/mol. The quantitative estimate of drug-likeness (QED) is 0.731. The first-order valence-corrected chi connectivity index (χ1v) is 5.51. The Kier molecular flexibility index (Phi) is 4.53. The number of hydrogen-bond donors (Lipinski definition) is 2. The van der Waals surface area contributed by atoms with Crippen molar-refractivity contribution in [1.29, 1.82) is 0 Å². The van der Waals surface area contributed by atoms with E-state index in [0.29, 0.717) is 17.9 Å². The van der Waals surface area contributed by atoms with Gasteiger partial charge in [-0.05, 0) is 19.1 Å². The molecular formula is C12H17N3O3. The molecule has 0 aromatic heterocycles. The predicted octanol–water partition coefficient (Wildman–Crippen LogP) is 0.225. The van der Waals surface area contributed by atoms with Gasteiger partial charge < -0.3 is 21.1 Å². The molecule has 0 atom stereocenters. The number of rotatable bonds is 5. The monoisotopic (exact) mass is 251 g/mol. The van der Waals surface area contributed by atoms with Crippen molar-refractivity contribution >= 4 is 17.5 Å². The van der Waals surface area contributed by atoms with Crippen molar-refractivity contribution in [1.82, 2.24) is 4.90 Å². The Labute approximate surface area is 105 Å². The zero-order valence-corrected chi connectivity index (χ0v) is 10.5. The highest BCUT2D eigenvalue weighted by molar-refractivity contribution is 6.01.